The van der Waals surface area contributed by atoms with Crippen molar-refractivity contribution >= 4 is 15.9 Å². The Kier molecular flexibility index (Phi) is 4.29. The van der Waals surface area contributed by atoms with Crippen LogP contribution in [0.1, 0.15) is 5.56 Å². The number of halogens is 2. The number of hydrogen-bond acceptors (Lipinski definition) is 3. The molecule has 1 N–H and O–H groups in total. The van der Waals surface area contributed by atoms with Gasteiger partial charge in [0, 0.05) is 24.1 Å². The van der Waals surface area contributed by atoms with Gasteiger partial charge in [-0.25, -0.2) is 9.40 Å². The van der Waals surface area contributed by atoms with E-state index in [9.17, 15) is 4.39 Å². The molecular weight excluding hydrogens is 275 g/mol. The summed E-state index contributed by atoms with van der Waals surface area (Å²) >= 11 is 3.35. The highest BCUT2D eigenvalue weighted by atomic mass is 79.9. The predicted octanol–water partition coefficient (Wildman–Crippen LogP) is 1.93. The molecule has 1 aliphatic rings. The minimum Gasteiger partial charge on any atom is -0.379 e. The second kappa shape index (κ2) is 5.72. The van der Waals surface area contributed by atoms with Gasteiger partial charge in [0.25, 0.3) is 0 Å². The number of rotatable bonds is 3. The summed E-state index contributed by atoms with van der Waals surface area (Å²) in [5, 5.41) is 2.12. The smallest absolute Gasteiger partial charge is 0.124 e. The number of nitrogens with zero attached hydrogens (tertiary/aromatic N) is 1. The van der Waals surface area contributed by atoms with Crippen molar-refractivity contribution < 1.29 is 9.13 Å². The summed E-state index contributed by atoms with van der Waals surface area (Å²) in [4.78, 5) is 0. The summed E-state index contributed by atoms with van der Waals surface area (Å²) in [5.74, 6) is -0.220. The van der Waals surface area contributed by atoms with E-state index >= 15 is 0 Å². The van der Waals surface area contributed by atoms with E-state index in [1.54, 1.807) is 6.07 Å². The highest BCUT2D eigenvalue weighted by molar-refractivity contribution is 9.10. The number of hydrazine groups is 1. The zero-order chi connectivity index (χ0) is 11.4. The van der Waals surface area contributed by atoms with Crippen LogP contribution in [-0.4, -0.2) is 31.3 Å². The van der Waals surface area contributed by atoms with Gasteiger partial charge in [0.15, 0.2) is 0 Å². The average Bonchev–Trinajstić information content (AvgIpc) is 2.29. The van der Waals surface area contributed by atoms with Crippen LogP contribution in [0.3, 0.4) is 0 Å². The fourth-order valence-electron chi connectivity index (χ4n) is 1.58. The van der Waals surface area contributed by atoms with E-state index in [0.29, 0.717) is 6.54 Å². The number of nitrogens with one attached hydrogen (secondary N) is 1. The Bertz CT molecular complexity index is 356. The molecule has 1 fully saturated rings. The van der Waals surface area contributed by atoms with Gasteiger partial charge < -0.3 is 4.74 Å². The molecule has 2 rings (SSSR count). The van der Waals surface area contributed by atoms with Crippen molar-refractivity contribution in [3.63, 3.8) is 0 Å². The third kappa shape index (κ3) is 3.25. The first-order valence-corrected chi connectivity index (χ1v) is 6.05. The van der Waals surface area contributed by atoms with Crippen molar-refractivity contribution in [1.29, 1.82) is 0 Å². The normalized spacial score (nSPS) is 17.6. The lowest BCUT2D eigenvalue weighted by atomic mass is 10.2. The lowest BCUT2D eigenvalue weighted by Crippen LogP contribution is -2.45. The summed E-state index contributed by atoms with van der Waals surface area (Å²) in [6, 6.07) is 4.74. The first kappa shape index (κ1) is 12.0. The average molecular weight is 289 g/mol. The van der Waals surface area contributed by atoms with E-state index in [1.165, 1.54) is 12.1 Å². The van der Waals surface area contributed by atoms with Gasteiger partial charge in [-0.1, -0.05) is 22.0 Å². The maximum Gasteiger partial charge on any atom is 0.124 e. The fraction of sp³-hybridized carbons (Fsp3) is 0.455. The monoisotopic (exact) mass is 288 g/mol. The molecule has 0 bridgehead atoms. The van der Waals surface area contributed by atoms with Crippen LogP contribution in [0.5, 0.6) is 0 Å². The zero-order valence-electron chi connectivity index (χ0n) is 8.88. The minimum atomic E-state index is -0.220. The first-order chi connectivity index (χ1) is 7.75. The molecule has 5 heteroatoms. The van der Waals surface area contributed by atoms with Crippen molar-refractivity contribution in [2.24, 2.45) is 0 Å². The van der Waals surface area contributed by atoms with Gasteiger partial charge in [-0.05, 0) is 17.7 Å². The lowest BCUT2D eigenvalue weighted by molar-refractivity contribution is 0.0105. The summed E-state index contributed by atoms with van der Waals surface area (Å²) in [6.07, 6.45) is 0. The van der Waals surface area contributed by atoms with Crippen LogP contribution in [-0.2, 0) is 11.3 Å². The Morgan fingerprint density at radius 1 is 1.38 bits per heavy atom. The van der Waals surface area contributed by atoms with Crippen molar-refractivity contribution in [1.82, 2.24) is 10.4 Å². The Balaban J connectivity index is 1.88. The maximum absolute atomic E-state index is 12.9. The Morgan fingerprint density at radius 2 is 2.12 bits per heavy atom. The van der Waals surface area contributed by atoms with Crippen LogP contribution in [0.4, 0.5) is 4.39 Å². The van der Waals surface area contributed by atoms with E-state index in [4.69, 9.17) is 4.74 Å². The highest BCUT2D eigenvalue weighted by Gasteiger charge is 2.10. The molecule has 0 radical (unpaired) electrons. The van der Waals surface area contributed by atoms with E-state index in [2.05, 4.69) is 26.4 Å². The molecule has 0 atom stereocenters. The van der Waals surface area contributed by atoms with Crippen LogP contribution >= 0.6 is 15.9 Å². The van der Waals surface area contributed by atoms with Crippen molar-refractivity contribution in [3.05, 3.63) is 34.1 Å². The molecule has 1 saturated heterocycles. The van der Waals surface area contributed by atoms with Crippen LogP contribution in [0, 0.1) is 5.82 Å². The molecule has 0 aromatic heterocycles. The van der Waals surface area contributed by atoms with Crippen LogP contribution in [0.25, 0.3) is 0 Å². The second-order valence-corrected chi connectivity index (χ2v) is 4.52. The topological polar surface area (TPSA) is 24.5 Å². The van der Waals surface area contributed by atoms with Gasteiger partial charge >= 0.3 is 0 Å². The Morgan fingerprint density at radius 3 is 2.81 bits per heavy atom. The summed E-state index contributed by atoms with van der Waals surface area (Å²) in [7, 11) is 0. The van der Waals surface area contributed by atoms with Gasteiger partial charge in [0.2, 0.25) is 0 Å². The zero-order valence-corrected chi connectivity index (χ0v) is 10.5. The molecule has 88 valence electrons. The van der Waals surface area contributed by atoms with Crippen LogP contribution in [0.2, 0.25) is 0 Å². The second-order valence-electron chi connectivity index (χ2n) is 3.67. The SMILES string of the molecule is Fc1ccc(CNN2CCOCC2)c(Br)c1. The quantitative estimate of drug-likeness (QED) is 0.920. The molecule has 0 spiro atoms. The standard InChI is InChI=1S/C11H14BrFN2O/c12-11-7-10(13)2-1-9(11)8-14-15-3-5-16-6-4-15/h1-2,7,14H,3-6,8H2. The molecule has 0 unspecified atom stereocenters. The molecule has 16 heavy (non-hydrogen) atoms. The Labute approximate surface area is 103 Å². The molecule has 0 amide bonds. The van der Waals surface area contributed by atoms with E-state index in [0.717, 1.165) is 36.3 Å². The van der Waals surface area contributed by atoms with E-state index < -0.39 is 0 Å². The number of ether oxygens (including phenoxy) is 1. The summed E-state index contributed by atoms with van der Waals surface area (Å²) < 4.78 is 18.9. The minimum absolute atomic E-state index is 0.220. The van der Waals surface area contributed by atoms with E-state index in [1.807, 2.05) is 0 Å². The molecule has 1 aromatic carbocycles. The maximum atomic E-state index is 12.9. The highest BCUT2D eigenvalue weighted by Crippen LogP contribution is 2.17. The lowest BCUT2D eigenvalue weighted by Gasteiger charge is -2.27. The first-order valence-electron chi connectivity index (χ1n) is 5.26. The van der Waals surface area contributed by atoms with Gasteiger partial charge in [0.05, 0.1) is 13.2 Å². The Hall–Kier alpha value is -0.490. The van der Waals surface area contributed by atoms with Crippen molar-refractivity contribution in [2.75, 3.05) is 26.3 Å². The van der Waals surface area contributed by atoms with Gasteiger partial charge in [-0.3, -0.25) is 5.43 Å². The predicted molar refractivity (Wildman–Crippen MR) is 63.3 cm³/mol. The molecule has 0 aliphatic carbocycles. The summed E-state index contributed by atoms with van der Waals surface area (Å²) in [6.45, 7) is 3.99. The molecule has 1 heterocycles. The fourth-order valence-corrected chi connectivity index (χ4v) is 2.07. The third-order valence-electron chi connectivity index (χ3n) is 2.52. The van der Waals surface area contributed by atoms with Crippen LogP contribution in [0.15, 0.2) is 22.7 Å². The van der Waals surface area contributed by atoms with Crippen molar-refractivity contribution in [2.45, 2.75) is 6.54 Å². The molecule has 1 aromatic rings. The molecular formula is C11H14BrFN2O. The largest absolute Gasteiger partial charge is 0.379 e. The van der Waals surface area contributed by atoms with Gasteiger partial charge in [-0.2, -0.15) is 0 Å². The van der Waals surface area contributed by atoms with E-state index in [-0.39, 0.29) is 5.82 Å². The molecule has 0 saturated carbocycles. The number of hydrogen-bond donors (Lipinski definition) is 1. The van der Waals surface area contributed by atoms with Gasteiger partial charge in [-0.15, -0.1) is 0 Å². The molecule has 3 nitrogen and oxygen atoms in total. The third-order valence-corrected chi connectivity index (χ3v) is 3.26. The van der Waals surface area contributed by atoms with Gasteiger partial charge in [0.1, 0.15) is 5.82 Å². The van der Waals surface area contributed by atoms with Crippen molar-refractivity contribution in [3.8, 4) is 0 Å². The number of morpholine rings is 1. The number of benzene rings is 1. The van der Waals surface area contributed by atoms with Crippen LogP contribution < -0.4 is 5.43 Å². The molecule has 1 aliphatic heterocycles. The summed E-state index contributed by atoms with van der Waals surface area (Å²) in [5.41, 5.74) is 4.35.